The van der Waals surface area contributed by atoms with Crippen LogP contribution in [0.3, 0.4) is 0 Å². The largest absolute Gasteiger partial charge is 0.329 e. The van der Waals surface area contributed by atoms with Crippen LogP contribution in [0.25, 0.3) is 0 Å². The summed E-state index contributed by atoms with van der Waals surface area (Å²) >= 11 is 0. The van der Waals surface area contributed by atoms with E-state index < -0.39 is 0 Å². The quantitative estimate of drug-likeness (QED) is 0.851. The molecule has 0 saturated heterocycles. The Morgan fingerprint density at radius 3 is 2.63 bits per heavy atom. The number of halogens is 1. The van der Waals surface area contributed by atoms with E-state index in [0.717, 1.165) is 5.56 Å². The molecule has 0 radical (unpaired) electrons. The molecular formula is C14H16FN3O. The first kappa shape index (κ1) is 13.3. The predicted molar refractivity (Wildman–Crippen MR) is 70.2 cm³/mol. The Bertz CT molecular complexity index is 536. The Hall–Kier alpha value is -2.17. The number of nitrogens with zero attached hydrogens (tertiary/aromatic N) is 3. The maximum atomic E-state index is 12.9. The number of carbonyl (C=O) groups excluding carboxylic acids is 1. The van der Waals surface area contributed by atoms with Crippen molar-refractivity contribution in [1.29, 1.82) is 0 Å². The highest BCUT2D eigenvalue weighted by Crippen LogP contribution is 2.21. The molecule has 0 fully saturated rings. The smallest absolute Gasteiger partial charge is 0.318 e. The third-order valence-electron chi connectivity index (χ3n) is 3.13. The average Bonchev–Trinajstić information content (AvgIpc) is 2.94. The summed E-state index contributed by atoms with van der Waals surface area (Å²) in [5.41, 5.74) is 0.900. The molecule has 5 heteroatoms. The van der Waals surface area contributed by atoms with Gasteiger partial charge in [-0.1, -0.05) is 12.1 Å². The molecule has 0 aliphatic rings. The molecule has 0 aliphatic carbocycles. The van der Waals surface area contributed by atoms with Gasteiger partial charge in [0.15, 0.2) is 0 Å². The van der Waals surface area contributed by atoms with Crippen LogP contribution in [-0.2, 0) is 0 Å². The van der Waals surface area contributed by atoms with Crippen LogP contribution in [0.5, 0.6) is 0 Å². The molecule has 1 aromatic heterocycles. The lowest BCUT2D eigenvalue weighted by molar-refractivity contribution is 0.184. The molecule has 1 atom stereocenters. The lowest BCUT2D eigenvalue weighted by atomic mass is 10.1. The zero-order chi connectivity index (χ0) is 13.8. The molecule has 0 N–H and O–H groups in total. The highest BCUT2D eigenvalue weighted by Gasteiger charge is 2.20. The molecule has 19 heavy (non-hydrogen) atoms. The molecule has 0 aliphatic heterocycles. The van der Waals surface area contributed by atoms with Crippen LogP contribution in [0.15, 0.2) is 43.0 Å². The maximum Gasteiger partial charge on any atom is 0.329 e. The average molecular weight is 261 g/mol. The van der Waals surface area contributed by atoms with Crippen LogP contribution in [0.2, 0.25) is 0 Å². The van der Waals surface area contributed by atoms with Gasteiger partial charge < -0.3 is 4.90 Å². The first-order chi connectivity index (χ1) is 9.13. The van der Waals surface area contributed by atoms with Gasteiger partial charge in [0, 0.05) is 18.9 Å². The number of amides is 1. The SMILES string of the molecule is CCN(C(=O)n1ccnc1)C(C)c1ccc(F)cc1. The predicted octanol–water partition coefficient (Wildman–Crippen LogP) is 3.07. The second kappa shape index (κ2) is 5.65. The molecule has 4 nitrogen and oxygen atoms in total. The van der Waals surface area contributed by atoms with Crippen molar-refractivity contribution in [3.8, 4) is 0 Å². The molecule has 0 spiro atoms. The number of imidazole rings is 1. The van der Waals surface area contributed by atoms with Gasteiger partial charge in [-0.15, -0.1) is 0 Å². The van der Waals surface area contributed by atoms with Crippen molar-refractivity contribution in [2.75, 3.05) is 6.54 Å². The Labute approximate surface area is 111 Å². The van der Waals surface area contributed by atoms with Gasteiger partial charge in [0.05, 0.1) is 6.04 Å². The third-order valence-corrected chi connectivity index (χ3v) is 3.13. The van der Waals surface area contributed by atoms with Crippen molar-refractivity contribution in [3.63, 3.8) is 0 Å². The zero-order valence-electron chi connectivity index (χ0n) is 11.0. The minimum atomic E-state index is -0.278. The molecule has 0 bridgehead atoms. The fourth-order valence-corrected chi connectivity index (χ4v) is 2.02. The van der Waals surface area contributed by atoms with E-state index in [2.05, 4.69) is 4.98 Å². The Morgan fingerprint density at radius 2 is 2.11 bits per heavy atom. The highest BCUT2D eigenvalue weighted by molar-refractivity contribution is 5.77. The first-order valence-corrected chi connectivity index (χ1v) is 6.18. The Balaban J connectivity index is 2.22. The van der Waals surface area contributed by atoms with E-state index >= 15 is 0 Å². The second-order valence-electron chi connectivity index (χ2n) is 4.27. The lowest BCUT2D eigenvalue weighted by Gasteiger charge is -2.28. The van der Waals surface area contributed by atoms with Crippen molar-refractivity contribution in [3.05, 3.63) is 54.4 Å². The highest BCUT2D eigenvalue weighted by atomic mass is 19.1. The summed E-state index contributed by atoms with van der Waals surface area (Å²) in [6, 6.07) is 5.94. The lowest BCUT2D eigenvalue weighted by Crippen LogP contribution is -2.36. The molecule has 1 unspecified atom stereocenters. The van der Waals surface area contributed by atoms with Crippen LogP contribution in [-0.4, -0.2) is 27.0 Å². The van der Waals surface area contributed by atoms with E-state index in [1.165, 1.54) is 23.0 Å². The maximum absolute atomic E-state index is 12.9. The van der Waals surface area contributed by atoms with E-state index in [0.29, 0.717) is 6.54 Å². The molecule has 2 aromatic rings. The van der Waals surface area contributed by atoms with E-state index in [1.807, 2.05) is 13.8 Å². The van der Waals surface area contributed by atoms with Gasteiger partial charge >= 0.3 is 6.03 Å². The summed E-state index contributed by atoms with van der Waals surface area (Å²) in [6.45, 7) is 4.40. The monoisotopic (exact) mass is 261 g/mol. The summed E-state index contributed by atoms with van der Waals surface area (Å²) in [4.78, 5) is 17.9. The van der Waals surface area contributed by atoms with Crippen LogP contribution >= 0.6 is 0 Å². The Kier molecular flexibility index (Phi) is 3.94. The number of carbonyl (C=O) groups is 1. The first-order valence-electron chi connectivity index (χ1n) is 6.18. The summed E-state index contributed by atoms with van der Waals surface area (Å²) in [7, 11) is 0. The minimum absolute atomic E-state index is 0.125. The number of aromatic nitrogens is 2. The molecular weight excluding hydrogens is 245 g/mol. The third kappa shape index (κ3) is 2.81. The normalized spacial score (nSPS) is 12.2. The number of benzene rings is 1. The minimum Gasteiger partial charge on any atom is -0.318 e. The molecule has 1 heterocycles. The van der Waals surface area contributed by atoms with Crippen LogP contribution in [0.4, 0.5) is 9.18 Å². The summed E-state index contributed by atoms with van der Waals surface area (Å²) < 4.78 is 14.4. The fourth-order valence-electron chi connectivity index (χ4n) is 2.02. The van der Waals surface area contributed by atoms with Gasteiger partial charge in [-0.25, -0.2) is 14.2 Å². The van der Waals surface area contributed by atoms with E-state index in [1.54, 1.807) is 29.4 Å². The second-order valence-corrected chi connectivity index (χ2v) is 4.27. The van der Waals surface area contributed by atoms with Gasteiger partial charge in [-0.3, -0.25) is 4.57 Å². The van der Waals surface area contributed by atoms with Crippen LogP contribution in [0, 0.1) is 5.82 Å². The number of hydrogen-bond donors (Lipinski definition) is 0. The van der Waals surface area contributed by atoms with Gasteiger partial charge in [0.25, 0.3) is 0 Å². The van der Waals surface area contributed by atoms with Gasteiger partial charge in [0.1, 0.15) is 12.1 Å². The van der Waals surface area contributed by atoms with Crippen LogP contribution < -0.4 is 0 Å². The molecule has 1 aromatic carbocycles. The standard InChI is InChI=1S/C14H16FN3O/c1-3-18(14(19)17-9-8-16-10-17)11(2)12-4-6-13(15)7-5-12/h4-11H,3H2,1-2H3. The van der Waals surface area contributed by atoms with Crippen molar-refractivity contribution in [1.82, 2.24) is 14.5 Å². The van der Waals surface area contributed by atoms with E-state index in [-0.39, 0.29) is 17.9 Å². The molecule has 1 amide bonds. The van der Waals surface area contributed by atoms with Gasteiger partial charge in [0.2, 0.25) is 0 Å². The number of hydrogen-bond acceptors (Lipinski definition) is 2. The van der Waals surface area contributed by atoms with Crippen molar-refractivity contribution in [2.24, 2.45) is 0 Å². The number of rotatable bonds is 3. The zero-order valence-corrected chi connectivity index (χ0v) is 11.0. The molecule has 100 valence electrons. The summed E-state index contributed by atoms with van der Waals surface area (Å²) in [6.07, 6.45) is 4.65. The fraction of sp³-hybridized carbons (Fsp3) is 0.286. The summed E-state index contributed by atoms with van der Waals surface area (Å²) in [5.74, 6) is -0.278. The Morgan fingerprint density at radius 1 is 1.42 bits per heavy atom. The van der Waals surface area contributed by atoms with E-state index in [9.17, 15) is 9.18 Å². The van der Waals surface area contributed by atoms with Gasteiger partial charge in [-0.2, -0.15) is 0 Å². The van der Waals surface area contributed by atoms with Crippen molar-refractivity contribution in [2.45, 2.75) is 19.9 Å². The summed E-state index contributed by atoms with van der Waals surface area (Å²) in [5, 5.41) is 0. The van der Waals surface area contributed by atoms with Gasteiger partial charge in [-0.05, 0) is 31.5 Å². The topological polar surface area (TPSA) is 38.1 Å². The van der Waals surface area contributed by atoms with Crippen molar-refractivity contribution < 1.29 is 9.18 Å². The van der Waals surface area contributed by atoms with Crippen molar-refractivity contribution >= 4 is 6.03 Å². The molecule has 2 rings (SSSR count). The van der Waals surface area contributed by atoms with E-state index in [4.69, 9.17) is 0 Å². The van der Waals surface area contributed by atoms with Crippen LogP contribution in [0.1, 0.15) is 25.5 Å². The molecule has 0 saturated carbocycles.